The number of hydrogen-bond donors (Lipinski definition) is 0. The van der Waals surface area contributed by atoms with Crippen molar-refractivity contribution in [3.63, 3.8) is 0 Å². The molecule has 0 aliphatic carbocycles. The van der Waals surface area contributed by atoms with Crippen LogP contribution in [0.4, 0.5) is 0 Å². The van der Waals surface area contributed by atoms with Crippen molar-refractivity contribution in [2.24, 2.45) is 0 Å². The maximum atomic E-state index is 11.4. The van der Waals surface area contributed by atoms with E-state index < -0.39 is 0 Å². The molecule has 0 bridgehead atoms. The van der Waals surface area contributed by atoms with Gasteiger partial charge in [0, 0.05) is 11.4 Å². The first kappa shape index (κ1) is 13.7. The molecule has 2 aromatic rings. The van der Waals surface area contributed by atoms with Gasteiger partial charge in [-0.3, -0.25) is 4.79 Å². The predicted molar refractivity (Wildman–Crippen MR) is 72.3 cm³/mol. The largest absolute Gasteiger partial charge is 0.339 e. The zero-order chi connectivity index (χ0) is 13.8. The molecule has 0 N–H and O–H groups in total. The summed E-state index contributed by atoms with van der Waals surface area (Å²) < 4.78 is 5.17. The number of benzene rings is 1. The van der Waals surface area contributed by atoms with Gasteiger partial charge in [0.1, 0.15) is 5.78 Å². The quantitative estimate of drug-likeness (QED) is 0.841. The number of nitrogens with zero attached hydrogens (tertiary/aromatic N) is 2. The van der Waals surface area contributed by atoms with Gasteiger partial charge in [-0.25, -0.2) is 0 Å². The number of carbonyl (C=O) groups excluding carboxylic acids is 1. The van der Waals surface area contributed by atoms with Gasteiger partial charge in [0.05, 0.1) is 5.92 Å². The molecule has 1 heterocycles. The highest BCUT2D eigenvalue weighted by Gasteiger charge is 2.21. The summed E-state index contributed by atoms with van der Waals surface area (Å²) in [5, 5.41) is 4.59. The predicted octanol–water partition coefficient (Wildman–Crippen LogP) is 3.40. The number of ketones is 1. The molecule has 0 radical (unpaired) electrons. The molecule has 5 heteroatoms. The normalized spacial score (nSPS) is 12.4. The van der Waals surface area contributed by atoms with Crippen molar-refractivity contribution in [1.29, 1.82) is 0 Å². The fourth-order valence-electron chi connectivity index (χ4n) is 1.95. The third-order valence-corrected chi connectivity index (χ3v) is 3.17. The van der Waals surface area contributed by atoms with Gasteiger partial charge in [0.2, 0.25) is 5.89 Å². The molecule has 0 amide bonds. The van der Waals surface area contributed by atoms with E-state index in [2.05, 4.69) is 10.1 Å². The second-order valence-corrected chi connectivity index (χ2v) is 4.86. The summed E-state index contributed by atoms with van der Waals surface area (Å²) in [7, 11) is 0. The van der Waals surface area contributed by atoms with Crippen molar-refractivity contribution in [2.45, 2.75) is 32.6 Å². The maximum Gasteiger partial charge on any atom is 0.237 e. The van der Waals surface area contributed by atoms with Crippen LogP contribution in [0.2, 0.25) is 5.02 Å². The Morgan fingerprint density at radius 3 is 2.89 bits per heavy atom. The lowest BCUT2D eigenvalue weighted by molar-refractivity contribution is -0.119. The number of rotatable bonds is 5. The van der Waals surface area contributed by atoms with Crippen molar-refractivity contribution in [2.75, 3.05) is 0 Å². The number of Topliss-reactive ketones (excluding diaryl/α,β-unsaturated/α-hetero) is 1. The van der Waals surface area contributed by atoms with Crippen molar-refractivity contribution >= 4 is 17.4 Å². The standard InChI is InChI=1S/C14H15ClN2O2/c1-3-12(9(2)18)14-16-13(17-19-14)8-10-5-4-6-11(15)7-10/h4-7,12H,3,8H2,1-2H3. The summed E-state index contributed by atoms with van der Waals surface area (Å²) in [4.78, 5) is 15.7. The van der Waals surface area contributed by atoms with Gasteiger partial charge in [-0.15, -0.1) is 0 Å². The van der Waals surface area contributed by atoms with Crippen molar-refractivity contribution in [3.05, 3.63) is 46.6 Å². The highest BCUT2D eigenvalue weighted by Crippen LogP contribution is 2.20. The van der Waals surface area contributed by atoms with Crippen LogP contribution in [0, 0.1) is 0 Å². The number of carbonyl (C=O) groups is 1. The Bertz CT molecular complexity index is 580. The first-order valence-corrected chi connectivity index (χ1v) is 6.55. The number of hydrogen-bond acceptors (Lipinski definition) is 4. The Morgan fingerprint density at radius 2 is 2.26 bits per heavy atom. The SMILES string of the molecule is CCC(C(C)=O)c1nc(Cc2cccc(Cl)c2)no1. The summed E-state index contributed by atoms with van der Waals surface area (Å²) in [5.74, 6) is 0.699. The maximum absolute atomic E-state index is 11.4. The topological polar surface area (TPSA) is 56.0 Å². The molecule has 1 unspecified atom stereocenters. The van der Waals surface area contributed by atoms with Crippen LogP contribution in [0.3, 0.4) is 0 Å². The van der Waals surface area contributed by atoms with Crippen LogP contribution in [0.15, 0.2) is 28.8 Å². The Morgan fingerprint density at radius 1 is 1.47 bits per heavy atom. The summed E-state index contributed by atoms with van der Waals surface area (Å²) in [6, 6.07) is 7.50. The first-order chi connectivity index (χ1) is 9.10. The molecular weight excluding hydrogens is 264 g/mol. The molecule has 0 saturated carbocycles. The molecule has 1 aromatic carbocycles. The van der Waals surface area contributed by atoms with E-state index in [1.807, 2.05) is 31.2 Å². The van der Waals surface area contributed by atoms with Gasteiger partial charge in [-0.2, -0.15) is 4.98 Å². The van der Waals surface area contributed by atoms with Gasteiger partial charge in [0.15, 0.2) is 5.82 Å². The van der Waals surface area contributed by atoms with Crippen molar-refractivity contribution in [3.8, 4) is 0 Å². The van der Waals surface area contributed by atoms with Crippen molar-refractivity contribution in [1.82, 2.24) is 10.1 Å². The molecule has 0 saturated heterocycles. The third-order valence-electron chi connectivity index (χ3n) is 2.93. The second kappa shape index (κ2) is 5.97. The van der Waals surface area contributed by atoms with Crippen LogP contribution in [0.25, 0.3) is 0 Å². The average Bonchev–Trinajstić information content (AvgIpc) is 2.78. The second-order valence-electron chi connectivity index (χ2n) is 4.43. The van der Waals surface area contributed by atoms with E-state index in [0.29, 0.717) is 29.6 Å². The lowest BCUT2D eigenvalue weighted by Crippen LogP contribution is -2.08. The summed E-state index contributed by atoms with van der Waals surface area (Å²) in [5.41, 5.74) is 1.01. The van der Waals surface area contributed by atoms with E-state index in [9.17, 15) is 4.79 Å². The lowest BCUT2D eigenvalue weighted by Gasteiger charge is -2.03. The lowest BCUT2D eigenvalue weighted by atomic mass is 10.0. The fraction of sp³-hybridized carbons (Fsp3) is 0.357. The molecule has 4 nitrogen and oxygen atoms in total. The van der Waals surface area contributed by atoms with Crippen LogP contribution in [-0.2, 0) is 11.2 Å². The molecule has 0 spiro atoms. The van der Waals surface area contributed by atoms with Gasteiger partial charge in [0.25, 0.3) is 0 Å². The Labute approximate surface area is 116 Å². The fourth-order valence-corrected chi connectivity index (χ4v) is 2.16. The minimum Gasteiger partial charge on any atom is -0.339 e. The Kier molecular flexibility index (Phi) is 4.32. The number of halogens is 1. The smallest absolute Gasteiger partial charge is 0.237 e. The highest BCUT2D eigenvalue weighted by atomic mass is 35.5. The van der Waals surface area contributed by atoms with Gasteiger partial charge < -0.3 is 4.52 Å². The first-order valence-electron chi connectivity index (χ1n) is 6.17. The molecule has 0 aliphatic heterocycles. The molecule has 1 atom stereocenters. The minimum atomic E-state index is -0.305. The van der Waals surface area contributed by atoms with E-state index in [0.717, 1.165) is 5.56 Å². The molecule has 0 aliphatic rings. The summed E-state index contributed by atoms with van der Waals surface area (Å²) in [6.07, 6.45) is 1.20. The van der Waals surface area contributed by atoms with E-state index in [-0.39, 0.29) is 11.7 Å². The summed E-state index contributed by atoms with van der Waals surface area (Å²) >= 11 is 5.92. The zero-order valence-electron chi connectivity index (χ0n) is 10.9. The van der Waals surface area contributed by atoms with Gasteiger partial charge in [-0.1, -0.05) is 35.8 Å². The highest BCUT2D eigenvalue weighted by molar-refractivity contribution is 6.30. The molecule has 1 aromatic heterocycles. The van der Waals surface area contributed by atoms with Gasteiger partial charge in [-0.05, 0) is 31.0 Å². The molecule has 100 valence electrons. The molecule has 2 rings (SSSR count). The van der Waals surface area contributed by atoms with Crippen LogP contribution in [-0.4, -0.2) is 15.9 Å². The van der Waals surface area contributed by atoms with E-state index >= 15 is 0 Å². The van der Waals surface area contributed by atoms with Crippen LogP contribution in [0.5, 0.6) is 0 Å². The van der Waals surface area contributed by atoms with E-state index in [1.165, 1.54) is 6.92 Å². The Balaban J connectivity index is 2.15. The van der Waals surface area contributed by atoms with E-state index in [4.69, 9.17) is 16.1 Å². The molecular formula is C14H15ClN2O2. The number of aromatic nitrogens is 2. The summed E-state index contributed by atoms with van der Waals surface area (Å²) in [6.45, 7) is 3.46. The van der Waals surface area contributed by atoms with Crippen LogP contribution in [0.1, 0.15) is 43.5 Å². The van der Waals surface area contributed by atoms with Crippen LogP contribution >= 0.6 is 11.6 Å². The van der Waals surface area contributed by atoms with Crippen molar-refractivity contribution < 1.29 is 9.32 Å². The third kappa shape index (κ3) is 3.41. The molecule has 0 fully saturated rings. The monoisotopic (exact) mass is 278 g/mol. The van der Waals surface area contributed by atoms with E-state index in [1.54, 1.807) is 0 Å². The minimum absolute atomic E-state index is 0.0421. The Hall–Kier alpha value is -1.68. The average molecular weight is 279 g/mol. The van der Waals surface area contributed by atoms with Gasteiger partial charge >= 0.3 is 0 Å². The van der Waals surface area contributed by atoms with Crippen LogP contribution < -0.4 is 0 Å². The molecule has 19 heavy (non-hydrogen) atoms. The zero-order valence-corrected chi connectivity index (χ0v) is 11.6.